The van der Waals surface area contributed by atoms with E-state index < -0.39 is 5.91 Å². The number of hydrogen-bond donors (Lipinski definition) is 2. The molecule has 5 nitrogen and oxygen atoms in total. The molecule has 0 aliphatic rings. The highest BCUT2D eigenvalue weighted by Crippen LogP contribution is 2.24. The van der Waals surface area contributed by atoms with Crippen LogP contribution in [0.2, 0.25) is 5.15 Å². The lowest BCUT2D eigenvalue weighted by Crippen LogP contribution is -2.14. The van der Waals surface area contributed by atoms with E-state index in [1.807, 2.05) is 0 Å². The molecule has 0 bridgehead atoms. The summed E-state index contributed by atoms with van der Waals surface area (Å²) in [4.78, 5) is 15.1. The molecule has 94 valence electrons. The van der Waals surface area contributed by atoms with Crippen molar-refractivity contribution in [1.82, 2.24) is 4.98 Å². The molecule has 3 N–H and O–H groups in total. The fraction of sp³-hybridized carbons (Fsp3) is 0. The number of nitrogens with two attached hydrogens (primary N) is 1. The van der Waals surface area contributed by atoms with Crippen LogP contribution in [-0.4, -0.2) is 10.9 Å². The fourth-order valence-electron chi connectivity index (χ4n) is 1.56. The smallest absolute Gasteiger partial charge is 0.252 e. The van der Waals surface area contributed by atoms with E-state index in [4.69, 9.17) is 22.6 Å². The number of halogens is 1. The number of aromatic nitrogens is 1. The number of nitriles is 1. The van der Waals surface area contributed by atoms with E-state index in [1.165, 1.54) is 12.3 Å². The van der Waals surface area contributed by atoms with E-state index in [0.717, 1.165) is 0 Å². The lowest BCUT2D eigenvalue weighted by Gasteiger charge is -2.11. The molecule has 1 aromatic heterocycles. The van der Waals surface area contributed by atoms with Gasteiger partial charge in [0.15, 0.2) is 0 Å². The summed E-state index contributed by atoms with van der Waals surface area (Å²) in [6.07, 6.45) is 1.29. The van der Waals surface area contributed by atoms with Gasteiger partial charge >= 0.3 is 0 Å². The second-order valence-electron chi connectivity index (χ2n) is 3.70. The monoisotopic (exact) mass is 272 g/mol. The minimum Gasteiger partial charge on any atom is -0.365 e. The highest BCUT2D eigenvalue weighted by Gasteiger charge is 2.11. The van der Waals surface area contributed by atoms with Crippen LogP contribution in [0.25, 0.3) is 0 Å². The molecule has 0 unspecified atom stereocenters. The Morgan fingerprint density at radius 1 is 1.37 bits per heavy atom. The fourth-order valence-corrected chi connectivity index (χ4v) is 1.72. The molecule has 0 fully saturated rings. The SMILES string of the molecule is N#Cc1ccccc1Nc1cc(Cl)ncc1C(N)=O. The van der Waals surface area contributed by atoms with E-state index in [1.54, 1.807) is 24.3 Å². The Bertz CT molecular complexity index is 679. The van der Waals surface area contributed by atoms with E-state index in [-0.39, 0.29) is 10.7 Å². The van der Waals surface area contributed by atoms with Crippen LogP contribution in [-0.2, 0) is 0 Å². The van der Waals surface area contributed by atoms with Gasteiger partial charge in [0.05, 0.1) is 22.5 Å². The molecule has 0 saturated heterocycles. The predicted octanol–water partition coefficient (Wildman–Crippen LogP) is 2.45. The van der Waals surface area contributed by atoms with Crippen LogP contribution < -0.4 is 11.1 Å². The summed E-state index contributed by atoms with van der Waals surface area (Å²) in [6, 6.07) is 10.4. The lowest BCUT2D eigenvalue weighted by molar-refractivity contribution is 0.100. The Balaban J connectivity index is 2.46. The number of amides is 1. The molecule has 0 atom stereocenters. The van der Waals surface area contributed by atoms with Gasteiger partial charge in [0.25, 0.3) is 5.91 Å². The maximum Gasteiger partial charge on any atom is 0.252 e. The largest absolute Gasteiger partial charge is 0.365 e. The van der Waals surface area contributed by atoms with Gasteiger partial charge in [-0.25, -0.2) is 4.98 Å². The summed E-state index contributed by atoms with van der Waals surface area (Å²) in [7, 11) is 0. The van der Waals surface area contributed by atoms with Crippen molar-refractivity contribution in [1.29, 1.82) is 5.26 Å². The Morgan fingerprint density at radius 2 is 2.11 bits per heavy atom. The number of nitrogens with one attached hydrogen (secondary N) is 1. The molecular formula is C13H9ClN4O. The number of hydrogen-bond acceptors (Lipinski definition) is 4. The van der Waals surface area contributed by atoms with Gasteiger partial charge in [-0.2, -0.15) is 5.26 Å². The predicted molar refractivity (Wildman–Crippen MR) is 72.2 cm³/mol. The number of anilines is 2. The Morgan fingerprint density at radius 3 is 2.79 bits per heavy atom. The second-order valence-corrected chi connectivity index (χ2v) is 4.09. The first-order chi connectivity index (χ1) is 9.11. The minimum absolute atomic E-state index is 0.206. The highest BCUT2D eigenvalue weighted by atomic mass is 35.5. The van der Waals surface area contributed by atoms with Gasteiger partial charge in [0, 0.05) is 6.20 Å². The summed E-state index contributed by atoms with van der Waals surface area (Å²) in [5, 5.41) is 12.2. The van der Waals surface area contributed by atoms with E-state index in [0.29, 0.717) is 16.9 Å². The van der Waals surface area contributed by atoms with Gasteiger partial charge in [-0.05, 0) is 18.2 Å². The topological polar surface area (TPSA) is 91.8 Å². The van der Waals surface area contributed by atoms with E-state index in [9.17, 15) is 4.79 Å². The first kappa shape index (κ1) is 12.9. The van der Waals surface area contributed by atoms with Crippen LogP contribution in [0.15, 0.2) is 36.5 Å². The van der Waals surface area contributed by atoms with Gasteiger partial charge in [-0.15, -0.1) is 0 Å². The standard InChI is InChI=1S/C13H9ClN4O/c14-12-5-11(9(7-17-12)13(16)19)18-10-4-2-1-3-8(10)6-15/h1-5,7H,(H2,16,19)(H,17,18). The zero-order chi connectivity index (χ0) is 13.8. The van der Waals surface area contributed by atoms with Crippen LogP contribution in [0.4, 0.5) is 11.4 Å². The van der Waals surface area contributed by atoms with Crippen LogP contribution in [0, 0.1) is 11.3 Å². The zero-order valence-electron chi connectivity index (χ0n) is 9.72. The molecule has 1 amide bonds. The van der Waals surface area contributed by atoms with Crippen LogP contribution >= 0.6 is 11.6 Å². The molecule has 19 heavy (non-hydrogen) atoms. The Labute approximate surface area is 114 Å². The Hall–Kier alpha value is -2.58. The third-order valence-corrected chi connectivity index (χ3v) is 2.66. The molecule has 0 spiro atoms. The van der Waals surface area contributed by atoms with Gasteiger partial charge in [-0.1, -0.05) is 23.7 Å². The molecule has 0 aliphatic carbocycles. The van der Waals surface area contributed by atoms with E-state index in [2.05, 4.69) is 16.4 Å². The van der Waals surface area contributed by atoms with E-state index >= 15 is 0 Å². The van der Waals surface area contributed by atoms with Crippen molar-refractivity contribution >= 4 is 28.9 Å². The number of nitrogens with zero attached hydrogens (tertiary/aromatic N) is 2. The lowest BCUT2D eigenvalue weighted by atomic mass is 10.1. The molecule has 0 radical (unpaired) electrons. The van der Waals surface area contributed by atoms with Crippen molar-refractivity contribution in [3.05, 3.63) is 52.8 Å². The third kappa shape index (κ3) is 2.81. The molecule has 6 heteroatoms. The Kier molecular flexibility index (Phi) is 3.64. The van der Waals surface area contributed by atoms with Gasteiger partial charge in [0.2, 0.25) is 0 Å². The van der Waals surface area contributed by atoms with Crippen LogP contribution in [0.5, 0.6) is 0 Å². The van der Waals surface area contributed by atoms with Crippen molar-refractivity contribution in [3.63, 3.8) is 0 Å². The molecule has 2 rings (SSSR count). The average molecular weight is 273 g/mol. The van der Waals surface area contributed by atoms with Crippen molar-refractivity contribution in [3.8, 4) is 6.07 Å². The maximum absolute atomic E-state index is 11.3. The first-order valence-electron chi connectivity index (χ1n) is 5.33. The normalized spacial score (nSPS) is 9.68. The quantitative estimate of drug-likeness (QED) is 0.840. The van der Waals surface area contributed by atoms with Gasteiger partial charge in [-0.3, -0.25) is 4.79 Å². The van der Waals surface area contributed by atoms with Crippen molar-refractivity contribution in [2.75, 3.05) is 5.32 Å². The number of rotatable bonds is 3. The van der Waals surface area contributed by atoms with Gasteiger partial charge in [0.1, 0.15) is 11.2 Å². The third-order valence-electron chi connectivity index (χ3n) is 2.45. The number of primary amides is 1. The molecule has 1 heterocycles. The van der Waals surface area contributed by atoms with Crippen LogP contribution in [0.3, 0.4) is 0 Å². The zero-order valence-corrected chi connectivity index (χ0v) is 10.5. The molecular weight excluding hydrogens is 264 g/mol. The summed E-state index contributed by atoms with van der Waals surface area (Å²) in [6.45, 7) is 0. The highest BCUT2D eigenvalue weighted by molar-refractivity contribution is 6.29. The van der Waals surface area contributed by atoms with Gasteiger partial charge < -0.3 is 11.1 Å². The second kappa shape index (κ2) is 5.38. The summed E-state index contributed by atoms with van der Waals surface area (Å²) in [5.41, 5.74) is 6.89. The van der Waals surface area contributed by atoms with Crippen molar-refractivity contribution in [2.24, 2.45) is 5.73 Å². The number of pyridine rings is 1. The molecule has 1 aromatic carbocycles. The average Bonchev–Trinajstić information content (AvgIpc) is 2.39. The number of carbonyl (C=O) groups excluding carboxylic acids is 1. The van der Waals surface area contributed by atoms with Crippen molar-refractivity contribution < 1.29 is 4.79 Å². The summed E-state index contributed by atoms with van der Waals surface area (Å²) in [5.74, 6) is -0.624. The minimum atomic E-state index is -0.624. The molecule has 0 aliphatic heterocycles. The van der Waals surface area contributed by atoms with Crippen molar-refractivity contribution in [2.45, 2.75) is 0 Å². The van der Waals surface area contributed by atoms with Crippen LogP contribution in [0.1, 0.15) is 15.9 Å². The number of para-hydroxylation sites is 1. The number of carbonyl (C=O) groups is 1. The molecule has 0 saturated carbocycles. The first-order valence-corrected chi connectivity index (χ1v) is 5.71. The molecule has 2 aromatic rings. The maximum atomic E-state index is 11.3. The summed E-state index contributed by atoms with van der Waals surface area (Å²) < 4.78 is 0. The summed E-state index contributed by atoms with van der Waals surface area (Å²) >= 11 is 5.79. The number of benzene rings is 1.